The summed E-state index contributed by atoms with van der Waals surface area (Å²) in [5.74, 6) is -0.267. The van der Waals surface area contributed by atoms with Gasteiger partial charge in [0.05, 0.1) is 20.3 Å². The second kappa shape index (κ2) is 36.0. The third-order valence-corrected chi connectivity index (χ3v) is 6.05. The molecule has 1 fully saturated rings. The molecule has 0 amide bonds. The Morgan fingerprint density at radius 1 is 0.611 bits per heavy atom. The molecule has 0 spiro atoms. The lowest BCUT2D eigenvalue weighted by Crippen LogP contribution is -2.13. The van der Waals surface area contributed by atoms with Crippen LogP contribution in [0.2, 0.25) is 0 Å². The summed E-state index contributed by atoms with van der Waals surface area (Å²) in [4.78, 5) is 21.6. The highest BCUT2D eigenvalue weighted by atomic mass is 16.5. The molecule has 0 atom stereocenters. The molecule has 6 heteroatoms. The predicted molar refractivity (Wildman–Crippen MR) is 151 cm³/mol. The maximum Gasteiger partial charge on any atom is 0.305 e. The Balaban J connectivity index is -0.000000466. The van der Waals surface area contributed by atoms with Crippen molar-refractivity contribution in [3.63, 3.8) is 0 Å². The molecule has 0 N–H and O–H groups in total. The molecule has 0 bridgehead atoms. The fourth-order valence-corrected chi connectivity index (χ4v) is 3.78. The first-order valence-corrected chi connectivity index (χ1v) is 14.7. The van der Waals surface area contributed by atoms with Crippen molar-refractivity contribution in [3.8, 4) is 0 Å². The molecule has 0 aromatic rings. The standard InChI is InChI=1S/C12H22O4.C9H20O.C7H14O.C2H6/c1-15-11(13)9-7-5-3-4-6-8-10-12(14)16-2;1-3-4-5-6-7-8-9-10-2;1-8-7-5-3-2-4-6-7;1-2/h3-10H2,1-2H3;3-9H2,1-2H3;7H,2-6H2,1H3;1-2H3. The van der Waals surface area contributed by atoms with E-state index in [1.54, 1.807) is 7.11 Å². The molecule has 218 valence electrons. The highest BCUT2D eigenvalue weighted by Crippen LogP contribution is 2.19. The quantitative estimate of drug-likeness (QED) is 0.142. The lowest BCUT2D eigenvalue weighted by molar-refractivity contribution is -0.141. The molecule has 0 aromatic carbocycles. The molecule has 0 unspecified atom stereocenters. The fraction of sp³-hybridized carbons (Fsp3) is 0.933. The molecule has 1 saturated carbocycles. The second-order valence-electron chi connectivity index (χ2n) is 9.03. The molecule has 1 aliphatic carbocycles. The SMILES string of the molecule is CC.CCCCCCCCOC.COC(=O)CCCCCCCCC(=O)OC.COC1CCCCC1. The summed E-state index contributed by atoms with van der Waals surface area (Å²) in [5.41, 5.74) is 0. The molecule has 0 aliphatic heterocycles. The molecule has 6 nitrogen and oxygen atoms in total. The van der Waals surface area contributed by atoms with Gasteiger partial charge in [0.2, 0.25) is 0 Å². The summed E-state index contributed by atoms with van der Waals surface area (Å²) in [7, 11) is 6.41. The van der Waals surface area contributed by atoms with E-state index in [9.17, 15) is 9.59 Å². The van der Waals surface area contributed by atoms with Gasteiger partial charge in [-0.1, -0.05) is 97.8 Å². The normalized spacial score (nSPS) is 12.6. The zero-order valence-corrected chi connectivity index (χ0v) is 25.2. The Kier molecular flexibility index (Phi) is 39.4. The Bertz CT molecular complexity index is 392. The summed E-state index contributed by atoms with van der Waals surface area (Å²) >= 11 is 0. The van der Waals surface area contributed by atoms with E-state index < -0.39 is 0 Å². The molecule has 1 aliphatic rings. The lowest BCUT2D eigenvalue weighted by atomic mass is 9.98. The predicted octanol–water partition coefficient (Wildman–Crippen LogP) is 8.44. The van der Waals surface area contributed by atoms with Crippen LogP contribution in [0.1, 0.15) is 143 Å². The summed E-state index contributed by atoms with van der Waals surface area (Å²) < 4.78 is 19.2. The number of ether oxygens (including phenoxy) is 4. The number of esters is 2. The third kappa shape index (κ3) is 35.0. The van der Waals surface area contributed by atoms with Gasteiger partial charge in [0.1, 0.15) is 0 Å². The van der Waals surface area contributed by atoms with Gasteiger partial charge in [-0.05, 0) is 32.1 Å². The first-order chi connectivity index (χ1) is 17.5. The van der Waals surface area contributed by atoms with Gasteiger partial charge >= 0.3 is 11.9 Å². The monoisotopic (exact) mass is 518 g/mol. The first-order valence-electron chi connectivity index (χ1n) is 14.7. The average Bonchev–Trinajstić information content (AvgIpc) is 2.94. The summed E-state index contributed by atoms with van der Waals surface area (Å²) in [6.07, 6.45) is 22.6. The molecule has 0 saturated heterocycles. The molecular weight excluding hydrogens is 456 g/mol. The zero-order valence-electron chi connectivity index (χ0n) is 25.2. The Morgan fingerprint density at radius 2 is 1.03 bits per heavy atom. The van der Waals surface area contributed by atoms with E-state index in [4.69, 9.17) is 9.47 Å². The topological polar surface area (TPSA) is 71.1 Å². The van der Waals surface area contributed by atoms with Crippen LogP contribution in [0.15, 0.2) is 0 Å². The van der Waals surface area contributed by atoms with Crippen molar-refractivity contribution >= 4 is 11.9 Å². The number of unbranched alkanes of at least 4 members (excludes halogenated alkanes) is 10. The van der Waals surface area contributed by atoms with Crippen LogP contribution in [-0.2, 0) is 28.5 Å². The van der Waals surface area contributed by atoms with Gasteiger partial charge < -0.3 is 18.9 Å². The summed E-state index contributed by atoms with van der Waals surface area (Å²) in [6.45, 7) is 7.18. The Morgan fingerprint density at radius 3 is 1.39 bits per heavy atom. The first kappa shape index (κ1) is 39.4. The third-order valence-electron chi connectivity index (χ3n) is 6.05. The maximum absolute atomic E-state index is 10.8. The van der Waals surface area contributed by atoms with E-state index in [0.29, 0.717) is 18.9 Å². The van der Waals surface area contributed by atoms with Crippen molar-refractivity contribution in [2.75, 3.05) is 35.0 Å². The average molecular weight is 519 g/mol. The van der Waals surface area contributed by atoms with E-state index in [1.807, 2.05) is 21.0 Å². The number of hydrogen-bond donors (Lipinski definition) is 0. The van der Waals surface area contributed by atoms with Crippen LogP contribution in [-0.4, -0.2) is 53.1 Å². The van der Waals surface area contributed by atoms with Crippen molar-refractivity contribution in [2.24, 2.45) is 0 Å². The fourth-order valence-electron chi connectivity index (χ4n) is 3.78. The van der Waals surface area contributed by atoms with Gasteiger partial charge in [-0.2, -0.15) is 0 Å². The molecular formula is C30H62O6. The van der Waals surface area contributed by atoms with Gasteiger partial charge in [-0.25, -0.2) is 0 Å². The number of carbonyl (C=O) groups excluding carboxylic acids is 2. The number of carbonyl (C=O) groups is 2. The van der Waals surface area contributed by atoms with Gasteiger partial charge in [-0.3, -0.25) is 9.59 Å². The molecule has 0 aromatic heterocycles. The van der Waals surface area contributed by atoms with Crippen molar-refractivity contribution in [1.82, 2.24) is 0 Å². The maximum atomic E-state index is 10.8. The lowest BCUT2D eigenvalue weighted by Gasteiger charge is -2.19. The van der Waals surface area contributed by atoms with Crippen molar-refractivity contribution in [1.29, 1.82) is 0 Å². The summed E-state index contributed by atoms with van der Waals surface area (Å²) in [6, 6.07) is 0. The van der Waals surface area contributed by atoms with Crippen molar-refractivity contribution < 1.29 is 28.5 Å². The largest absolute Gasteiger partial charge is 0.469 e. The van der Waals surface area contributed by atoms with Crippen LogP contribution in [0, 0.1) is 0 Å². The van der Waals surface area contributed by atoms with E-state index in [0.717, 1.165) is 45.1 Å². The van der Waals surface area contributed by atoms with Gasteiger partial charge in [0.15, 0.2) is 0 Å². The molecule has 0 radical (unpaired) electrons. The number of hydrogen-bond acceptors (Lipinski definition) is 6. The Hall–Kier alpha value is -1.14. The Labute approximate surface area is 224 Å². The molecule has 0 heterocycles. The highest BCUT2D eigenvalue weighted by Gasteiger charge is 2.10. The second-order valence-corrected chi connectivity index (χ2v) is 9.03. The van der Waals surface area contributed by atoms with Crippen LogP contribution in [0.3, 0.4) is 0 Å². The van der Waals surface area contributed by atoms with Crippen LogP contribution < -0.4 is 0 Å². The van der Waals surface area contributed by atoms with Crippen LogP contribution in [0.4, 0.5) is 0 Å². The van der Waals surface area contributed by atoms with Gasteiger partial charge in [0.25, 0.3) is 0 Å². The van der Waals surface area contributed by atoms with Gasteiger partial charge in [-0.15, -0.1) is 0 Å². The zero-order chi connectivity index (χ0) is 27.7. The van der Waals surface area contributed by atoms with E-state index in [-0.39, 0.29) is 11.9 Å². The smallest absolute Gasteiger partial charge is 0.305 e. The van der Waals surface area contributed by atoms with Crippen LogP contribution in [0.5, 0.6) is 0 Å². The van der Waals surface area contributed by atoms with E-state index in [1.165, 1.54) is 84.8 Å². The minimum Gasteiger partial charge on any atom is -0.469 e. The minimum absolute atomic E-state index is 0.134. The van der Waals surface area contributed by atoms with Crippen molar-refractivity contribution in [2.45, 2.75) is 149 Å². The van der Waals surface area contributed by atoms with Gasteiger partial charge in [0, 0.05) is 33.7 Å². The highest BCUT2D eigenvalue weighted by molar-refractivity contribution is 5.69. The summed E-state index contributed by atoms with van der Waals surface area (Å²) in [5, 5.41) is 0. The van der Waals surface area contributed by atoms with E-state index >= 15 is 0 Å². The number of rotatable bonds is 17. The number of methoxy groups -OCH3 is 4. The minimum atomic E-state index is -0.134. The van der Waals surface area contributed by atoms with Crippen LogP contribution >= 0.6 is 0 Å². The molecule has 36 heavy (non-hydrogen) atoms. The molecule has 1 rings (SSSR count). The van der Waals surface area contributed by atoms with Crippen LogP contribution in [0.25, 0.3) is 0 Å². The van der Waals surface area contributed by atoms with E-state index in [2.05, 4.69) is 16.4 Å². The van der Waals surface area contributed by atoms with Crippen molar-refractivity contribution in [3.05, 3.63) is 0 Å².